The summed E-state index contributed by atoms with van der Waals surface area (Å²) in [7, 11) is 0. The summed E-state index contributed by atoms with van der Waals surface area (Å²) < 4.78 is 14.4. The maximum absolute atomic E-state index is 14.4. The van der Waals surface area contributed by atoms with Crippen LogP contribution in [0, 0.1) is 18.7 Å². The van der Waals surface area contributed by atoms with E-state index in [0.29, 0.717) is 5.02 Å². The molecule has 0 aromatic heterocycles. The second-order valence-electron chi connectivity index (χ2n) is 6.07. The molecule has 0 amide bonds. The monoisotopic (exact) mass is 368 g/mol. The number of hydrogen-bond donors (Lipinski definition) is 1. The van der Waals surface area contributed by atoms with Gasteiger partial charge in [-0.3, -0.25) is 4.90 Å². The van der Waals surface area contributed by atoms with E-state index in [9.17, 15) is 4.39 Å². The predicted molar refractivity (Wildman–Crippen MR) is 95.2 cm³/mol. The molecule has 1 aliphatic heterocycles. The highest BCUT2D eigenvalue weighted by molar-refractivity contribution is 6.32. The van der Waals surface area contributed by atoms with Crippen LogP contribution in [0.1, 0.15) is 36.4 Å². The predicted octanol–water partition coefficient (Wildman–Crippen LogP) is 4.38. The molecular formula is C16H24Cl3FN2. The third-order valence-electron chi connectivity index (χ3n) is 4.50. The smallest absolute Gasteiger partial charge is 0.129 e. The summed E-state index contributed by atoms with van der Waals surface area (Å²) in [4.78, 5) is 2.40. The lowest BCUT2D eigenvalue weighted by Gasteiger charge is -2.36. The molecule has 1 aromatic rings. The number of aryl methyl sites for hydroxylation is 1. The van der Waals surface area contributed by atoms with Gasteiger partial charge in [0.25, 0.3) is 0 Å². The first-order chi connectivity index (χ1) is 9.66. The van der Waals surface area contributed by atoms with Crippen LogP contribution in [0.2, 0.25) is 5.02 Å². The summed E-state index contributed by atoms with van der Waals surface area (Å²) in [5.41, 5.74) is 1.69. The van der Waals surface area contributed by atoms with E-state index < -0.39 is 0 Å². The summed E-state index contributed by atoms with van der Waals surface area (Å²) in [6.07, 6.45) is 3.61. The minimum absolute atomic E-state index is 0. The van der Waals surface area contributed by atoms with Gasteiger partial charge in [-0.05, 0) is 30.9 Å². The zero-order valence-corrected chi connectivity index (χ0v) is 15.2. The van der Waals surface area contributed by atoms with Gasteiger partial charge in [-0.25, -0.2) is 4.39 Å². The summed E-state index contributed by atoms with van der Waals surface area (Å²) in [5.74, 6) is 0.607. The minimum Gasteiger partial charge on any atom is -0.314 e. The van der Waals surface area contributed by atoms with Gasteiger partial charge in [0.2, 0.25) is 0 Å². The van der Waals surface area contributed by atoms with Crippen molar-refractivity contribution in [2.45, 2.75) is 32.2 Å². The van der Waals surface area contributed by atoms with Crippen molar-refractivity contribution < 1.29 is 4.39 Å². The Balaban J connectivity index is 0.00000121. The molecule has 3 rings (SSSR count). The Morgan fingerprint density at radius 2 is 1.91 bits per heavy atom. The van der Waals surface area contributed by atoms with E-state index in [1.54, 1.807) is 12.1 Å². The number of nitrogens with zero attached hydrogens (tertiary/aromatic N) is 1. The highest BCUT2D eigenvalue weighted by atomic mass is 35.5. The van der Waals surface area contributed by atoms with E-state index in [1.165, 1.54) is 12.8 Å². The first-order valence-corrected chi connectivity index (χ1v) is 7.94. The first kappa shape index (κ1) is 20.0. The Bertz CT molecular complexity index is 489. The summed E-state index contributed by atoms with van der Waals surface area (Å²) in [6.45, 7) is 5.86. The van der Waals surface area contributed by atoms with Crippen LogP contribution in [0.3, 0.4) is 0 Å². The molecule has 2 nitrogen and oxygen atoms in total. The highest BCUT2D eigenvalue weighted by Gasteiger charge is 2.33. The van der Waals surface area contributed by atoms with Crippen LogP contribution in [0.4, 0.5) is 4.39 Å². The normalized spacial score (nSPS) is 20.0. The fourth-order valence-corrected chi connectivity index (χ4v) is 3.38. The van der Waals surface area contributed by atoms with Gasteiger partial charge in [0, 0.05) is 37.8 Å². The minimum atomic E-state index is -0.148. The molecule has 126 valence electrons. The van der Waals surface area contributed by atoms with E-state index in [1.807, 2.05) is 6.92 Å². The van der Waals surface area contributed by atoms with Crippen LogP contribution >= 0.6 is 36.4 Å². The lowest BCUT2D eigenvalue weighted by molar-refractivity contribution is 0.157. The van der Waals surface area contributed by atoms with Gasteiger partial charge in [0.1, 0.15) is 5.82 Å². The van der Waals surface area contributed by atoms with Crippen molar-refractivity contribution in [2.24, 2.45) is 5.92 Å². The van der Waals surface area contributed by atoms with Crippen molar-refractivity contribution in [1.82, 2.24) is 10.2 Å². The van der Waals surface area contributed by atoms with Crippen LogP contribution in [-0.2, 0) is 0 Å². The number of rotatable bonds is 4. The molecule has 0 radical (unpaired) electrons. The third-order valence-corrected chi connectivity index (χ3v) is 5.00. The van der Waals surface area contributed by atoms with Gasteiger partial charge in [-0.15, -0.1) is 24.8 Å². The Hall–Kier alpha value is -0.0600. The first-order valence-electron chi connectivity index (χ1n) is 7.56. The van der Waals surface area contributed by atoms with Gasteiger partial charge in [-0.1, -0.05) is 30.5 Å². The molecule has 0 unspecified atom stereocenters. The molecule has 22 heavy (non-hydrogen) atoms. The van der Waals surface area contributed by atoms with Gasteiger partial charge in [0.05, 0.1) is 5.02 Å². The zero-order chi connectivity index (χ0) is 14.1. The molecule has 0 bridgehead atoms. The Labute approximate surface area is 149 Å². The largest absolute Gasteiger partial charge is 0.314 e. The molecule has 2 aliphatic rings. The highest BCUT2D eigenvalue weighted by Crippen LogP contribution is 2.43. The fourth-order valence-electron chi connectivity index (χ4n) is 3.10. The molecule has 1 saturated carbocycles. The van der Waals surface area contributed by atoms with Crippen molar-refractivity contribution in [3.8, 4) is 0 Å². The third kappa shape index (κ3) is 4.48. The zero-order valence-electron chi connectivity index (χ0n) is 12.8. The number of benzene rings is 1. The average molecular weight is 370 g/mol. The van der Waals surface area contributed by atoms with Crippen molar-refractivity contribution in [3.63, 3.8) is 0 Å². The fraction of sp³-hybridized carbons (Fsp3) is 0.625. The lowest BCUT2D eigenvalue weighted by atomic mass is 9.96. The summed E-state index contributed by atoms with van der Waals surface area (Å²) in [5, 5.41) is 3.98. The van der Waals surface area contributed by atoms with E-state index in [-0.39, 0.29) is 36.7 Å². The van der Waals surface area contributed by atoms with Crippen molar-refractivity contribution >= 4 is 36.4 Å². The van der Waals surface area contributed by atoms with E-state index in [4.69, 9.17) is 11.6 Å². The van der Waals surface area contributed by atoms with Crippen LogP contribution in [0.15, 0.2) is 12.1 Å². The van der Waals surface area contributed by atoms with Crippen LogP contribution < -0.4 is 5.32 Å². The molecule has 1 N–H and O–H groups in total. The second kappa shape index (κ2) is 8.70. The number of hydrogen-bond acceptors (Lipinski definition) is 2. The van der Waals surface area contributed by atoms with E-state index in [0.717, 1.165) is 49.6 Å². The molecule has 6 heteroatoms. The van der Waals surface area contributed by atoms with Crippen molar-refractivity contribution in [1.29, 1.82) is 0 Å². The van der Waals surface area contributed by atoms with Gasteiger partial charge in [-0.2, -0.15) is 0 Å². The van der Waals surface area contributed by atoms with Crippen LogP contribution in [0.5, 0.6) is 0 Å². The van der Waals surface area contributed by atoms with Crippen LogP contribution in [0.25, 0.3) is 0 Å². The molecule has 1 aliphatic carbocycles. The van der Waals surface area contributed by atoms with Gasteiger partial charge >= 0.3 is 0 Å². The molecule has 1 atom stereocenters. The van der Waals surface area contributed by atoms with Crippen LogP contribution in [-0.4, -0.2) is 31.1 Å². The molecule has 1 heterocycles. The van der Waals surface area contributed by atoms with Gasteiger partial charge in [0.15, 0.2) is 0 Å². The van der Waals surface area contributed by atoms with E-state index >= 15 is 0 Å². The number of halogens is 4. The maximum Gasteiger partial charge on any atom is 0.129 e. The molecule has 1 saturated heterocycles. The second-order valence-corrected chi connectivity index (χ2v) is 6.45. The quantitative estimate of drug-likeness (QED) is 0.847. The SMILES string of the molecule is Cc1ccc(F)c([C@H](CC2CC2)N2CCNCC2)c1Cl.Cl.Cl. The standard InChI is InChI=1S/C16H22ClFN2.2ClH/c1-11-2-5-13(18)15(16(11)17)14(10-12-3-4-12)20-8-6-19-7-9-20;;/h2,5,12,14,19H,3-4,6-10H2,1H3;2*1H/t14-;;/m0../s1. The van der Waals surface area contributed by atoms with Crippen molar-refractivity contribution in [2.75, 3.05) is 26.2 Å². The Kier molecular flexibility index (Phi) is 7.90. The molecule has 0 spiro atoms. The number of nitrogens with one attached hydrogen (secondary N) is 1. The van der Waals surface area contributed by atoms with Crippen molar-refractivity contribution in [3.05, 3.63) is 34.1 Å². The molecule has 2 fully saturated rings. The Morgan fingerprint density at radius 1 is 1.27 bits per heavy atom. The van der Waals surface area contributed by atoms with E-state index in [2.05, 4.69) is 10.2 Å². The number of piperazine rings is 1. The summed E-state index contributed by atoms with van der Waals surface area (Å²) in [6, 6.07) is 3.48. The lowest BCUT2D eigenvalue weighted by Crippen LogP contribution is -2.45. The average Bonchev–Trinajstić information content (AvgIpc) is 3.27. The topological polar surface area (TPSA) is 15.3 Å². The summed E-state index contributed by atoms with van der Waals surface area (Å²) >= 11 is 6.43. The Morgan fingerprint density at radius 3 is 2.50 bits per heavy atom. The maximum atomic E-state index is 14.4. The molecular weight excluding hydrogens is 346 g/mol. The van der Waals surface area contributed by atoms with Gasteiger partial charge < -0.3 is 5.32 Å². The molecule has 1 aromatic carbocycles.